The molecular weight excluding hydrogens is 420 g/mol. The second-order valence-electron chi connectivity index (χ2n) is 7.93. The summed E-state index contributed by atoms with van der Waals surface area (Å²) in [5.74, 6) is 0.141. The Morgan fingerprint density at radius 2 is 1.67 bits per heavy atom. The zero-order chi connectivity index (χ0) is 23.0. The van der Waals surface area contributed by atoms with Gasteiger partial charge < -0.3 is 15.4 Å². The van der Waals surface area contributed by atoms with Gasteiger partial charge in [0.25, 0.3) is 17.4 Å². The van der Waals surface area contributed by atoms with Gasteiger partial charge in [-0.25, -0.2) is 4.68 Å². The molecule has 1 aliphatic rings. The third-order valence-corrected chi connectivity index (χ3v) is 5.51. The van der Waals surface area contributed by atoms with Crippen LogP contribution in [0.5, 0.6) is 5.75 Å². The van der Waals surface area contributed by atoms with E-state index >= 15 is 0 Å². The lowest BCUT2D eigenvalue weighted by Gasteiger charge is -2.12. The molecule has 4 rings (SSSR count). The number of carbonyl (C=O) groups excluding carboxylic acids is 2. The maximum absolute atomic E-state index is 12.6. The van der Waals surface area contributed by atoms with Gasteiger partial charge in [0.15, 0.2) is 0 Å². The van der Waals surface area contributed by atoms with Gasteiger partial charge in [0.2, 0.25) is 0 Å². The van der Waals surface area contributed by atoms with Crippen LogP contribution in [0.1, 0.15) is 46.5 Å². The number of ether oxygens (including phenoxy) is 1. The molecule has 0 aliphatic heterocycles. The molecule has 0 radical (unpaired) electrons. The fourth-order valence-corrected chi connectivity index (χ4v) is 3.74. The summed E-state index contributed by atoms with van der Waals surface area (Å²) < 4.78 is 6.80. The van der Waals surface area contributed by atoms with Crippen LogP contribution >= 0.6 is 0 Å². The Balaban J connectivity index is 1.34. The molecule has 0 spiro atoms. The molecule has 1 aromatic heterocycles. The average Bonchev–Trinajstić information content (AvgIpc) is 3.34. The lowest BCUT2D eigenvalue weighted by molar-refractivity contribution is 0.0937. The van der Waals surface area contributed by atoms with Crippen molar-refractivity contribution in [3.63, 3.8) is 0 Å². The van der Waals surface area contributed by atoms with E-state index < -0.39 is 5.91 Å². The Labute approximate surface area is 191 Å². The van der Waals surface area contributed by atoms with E-state index in [1.807, 2.05) is 30.3 Å². The standard InChI is InChI=1S/C25H26N4O4/c30-23-15-14-22(28-29(23)16-17-33-21-8-2-1-3-9-21)25(32)27-20-12-10-18(11-13-20)24(31)26-19-6-4-5-7-19/h1-3,8-15,19H,4-7,16-17H2,(H,26,31)(H,27,32). The van der Waals surface area contributed by atoms with Crippen molar-refractivity contribution in [3.05, 3.63) is 88.3 Å². The van der Waals surface area contributed by atoms with Crippen molar-refractivity contribution < 1.29 is 14.3 Å². The quantitative estimate of drug-likeness (QED) is 0.553. The molecule has 0 bridgehead atoms. The van der Waals surface area contributed by atoms with E-state index in [1.54, 1.807) is 24.3 Å². The van der Waals surface area contributed by atoms with Gasteiger partial charge in [0.1, 0.15) is 18.1 Å². The molecule has 33 heavy (non-hydrogen) atoms. The number of hydrogen-bond donors (Lipinski definition) is 2. The number of amides is 2. The molecule has 8 nitrogen and oxygen atoms in total. The van der Waals surface area contributed by atoms with E-state index in [0.29, 0.717) is 17.0 Å². The number of rotatable bonds is 8. The average molecular weight is 447 g/mol. The second kappa shape index (κ2) is 10.6. The van der Waals surface area contributed by atoms with Crippen molar-refractivity contribution in [1.29, 1.82) is 0 Å². The van der Waals surface area contributed by atoms with E-state index in [9.17, 15) is 14.4 Å². The molecule has 1 fully saturated rings. The fourth-order valence-electron chi connectivity index (χ4n) is 3.74. The summed E-state index contributed by atoms with van der Waals surface area (Å²) >= 11 is 0. The monoisotopic (exact) mass is 446 g/mol. The Bertz CT molecular complexity index is 1150. The van der Waals surface area contributed by atoms with Gasteiger partial charge >= 0.3 is 0 Å². The van der Waals surface area contributed by atoms with Gasteiger partial charge in [-0.2, -0.15) is 5.10 Å². The van der Waals surface area contributed by atoms with Crippen LogP contribution in [-0.4, -0.2) is 34.2 Å². The summed E-state index contributed by atoms with van der Waals surface area (Å²) in [6, 6.07) is 18.9. The predicted octanol–water partition coefficient (Wildman–Crippen LogP) is 3.25. The van der Waals surface area contributed by atoms with E-state index in [1.165, 1.54) is 16.8 Å². The first-order valence-corrected chi connectivity index (χ1v) is 11.1. The first kappa shape index (κ1) is 22.3. The highest BCUT2D eigenvalue weighted by Gasteiger charge is 2.18. The van der Waals surface area contributed by atoms with Crippen molar-refractivity contribution >= 4 is 17.5 Å². The summed E-state index contributed by atoms with van der Waals surface area (Å²) in [6.07, 6.45) is 4.34. The van der Waals surface area contributed by atoms with Crippen LogP contribution < -0.4 is 20.9 Å². The maximum atomic E-state index is 12.6. The van der Waals surface area contributed by atoms with Crippen molar-refractivity contribution in [1.82, 2.24) is 15.1 Å². The number of para-hydroxylation sites is 1. The molecule has 0 saturated heterocycles. The van der Waals surface area contributed by atoms with Gasteiger partial charge in [-0.1, -0.05) is 31.0 Å². The van der Waals surface area contributed by atoms with Gasteiger partial charge in [-0.15, -0.1) is 0 Å². The molecular formula is C25H26N4O4. The molecule has 3 aromatic rings. The van der Waals surface area contributed by atoms with Crippen molar-refractivity contribution in [3.8, 4) is 5.75 Å². The molecule has 1 saturated carbocycles. The Morgan fingerprint density at radius 3 is 2.39 bits per heavy atom. The highest BCUT2D eigenvalue weighted by molar-refractivity contribution is 6.03. The van der Waals surface area contributed by atoms with Gasteiger partial charge in [-0.05, 0) is 55.3 Å². The summed E-state index contributed by atoms with van der Waals surface area (Å²) in [7, 11) is 0. The van der Waals surface area contributed by atoms with Crippen LogP contribution in [-0.2, 0) is 6.54 Å². The first-order chi connectivity index (χ1) is 16.1. The summed E-state index contributed by atoms with van der Waals surface area (Å²) in [5.41, 5.74) is 0.868. The Morgan fingerprint density at radius 1 is 0.939 bits per heavy atom. The maximum Gasteiger partial charge on any atom is 0.276 e. The van der Waals surface area contributed by atoms with Crippen molar-refractivity contribution in [2.75, 3.05) is 11.9 Å². The molecule has 2 amide bonds. The van der Waals surface area contributed by atoms with E-state index in [4.69, 9.17) is 4.74 Å². The number of anilines is 1. The number of nitrogens with one attached hydrogen (secondary N) is 2. The minimum Gasteiger partial charge on any atom is -0.492 e. The van der Waals surface area contributed by atoms with Crippen LogP contribution in [0.2, 0.25) is 0 Å². The smallest absolute Gasteiger partial charge is 0.276 e. The minimum absolute atomic E-state index is 0.105. The van der Waals surface area contributed by atoms with Crippen molar-refractivity contribution in [2.24, 2.45) is 0 Å². The summed E-state index contributed by atoms with van der Waals surface area (Å²) in [5, 5.41) is 9.94. The molecule has 1 aliphatic carbocycles. The van der Waals surface area contributed by atoms with E-state index in [0.717, 1.165) is 25.7 Å². The first-order valence-electron chi connectivity index (χ1n) is 11.1. The third kappa shape index (κ3) is 6.06. The van der Waals surface area contributed by atoms with Gasteiger partial charge in [-0.3, -0.25) is 14.4 Å². The molecule has 8 heteroatoms. The van der Waals surface area contributed by atoms with Crippen LogP contribution in [0.15, 0.2) is 71.5 Å². The van der Waals surface area contributed by atoms with Crippen molar-refractivity contribution in [2.45, 2.75) is 38.3 Å². The van der Waals surface area contributed by atoms with Crippen LogP contribution in [0.4, 0.5) is 5.69 Å². The lowest BCUT2D eigenvalue weighted by Crippen LogP contribution is -2.32. The van der Waals surface area contributed by atoms with E-state index in [-0.39, 0.29) is 36.4 Å². The molecule has 1 heterocycles. The van der Waals surface area contributed by atoms with Gasteiger partial charge in [0.05, 0.1) is 6.54 Å². The molecule has 170 valence electrons. The third-order valence-electron chi connectivity index (χ3n) is 5.51. The lowest BCUT2D eigenvalue weighted by atomic mass is 10.1. The fraction of sp³-hybridized carbons (Fsp3) is 0.280. The molecule has 0 atom stereocenters. The minimum atomic E-state index is -0.448. The number of nitrogens with zero attached hydrogens (tertiary/aromatic N) is 2. The SMILES string of the molecule is O=C(NC1CCCC1)c1ccc(NC(=O)c2ccc(=O)n(CCOc3ccccc3)n2)cc1. The number of benzene rings is 2. The number of carbonyl (C=O) groups is 2. The molecule has 2 aromatic carbocycles. The van der Waals surface area contributed by atoms with Crippen LogP contribution in [0, 0.1) is 0 Å². The molecule has 2 N–H and O–H groups in total. The number of aromatic nitrogens is 2. The molecule has 0 unspecified atom stereocenters. The zero-order valence-corrected chi connectivity index (χ0v) is 18.2. The highest BCUT2D eigenvalue weighted by atomic mass is 16.5. The Hall–Kier alpha value is -3.94. The summed E-state index contributed by atoms with van der Waals surface area (Å²) in [6.45, 7) is 0.450. The zero-order valence-electron chi connectivity index (χ0n) is 18.2. The van der Waals surface area contributed by atoms with Crippen LogP contribution in [0.3, 0.4) is 0 Å². The second-order valence-corrected chi connectivity index (χ2v) is 7.93. The predicted molar refractivity (Wildman–Crippen MR) is 125 cm³/mol. The number of hydrogen-bond acceptors (Lipinski definition) is 5. The van der Waals surface area contributed by atoms with Gasteiger partial charge in [0, 0.05) is 23.4 Å². The Kier molecular flexibility index (Phi) is 7.14. The topological polar surface area (TPSA) is 102 Å². The summed E-state index contributed by atoms with van der Waals surface area (Å²) in [4.78, 5) is 37.1. The largest absolute Gasteiger partial charge is 0.492 e. The van der Waals surface area contributed by atoms with E-state index in [2.05, 4.69) is 15.7 Å². The van der Waals surface area contributed by atoms with Crippen LogP contribution in [0.25, 0.3) is 0 Å². The normalized spacial score (nSPS) is 13.5. The highest BCUT2D eigenvalue weighted by Crippen LogP contribution is 2.18.